The van der Waals surface area contributed by atoms with Gasteiger partial charge < -0.3 is 4.52 Å². The van der Waals surface area contributed by atoms with Gasteiger partial charge in [0.1, 0.15) is 5.76 Å². The zero-order valence-corrected chi connectivity index (χ0v) is 15.4. The summed E-state index contributed by atoms with van der Waals surface area (Å²) in [7, 11) is 0. The molecule has 4 rings (SSSR count). The number of alkyl halides is 3. The number of aryl methyl sites for hydroxylation is 2. The zero-order valence-electron chi connectivity index (χ0n) is 15.4. The van der Waals surface area contributed by atoms with Gasteiger partial charge >= 0.3 is 6.18 Å². The van der Waals surface area contributed by atoms with Crippen molar-refractivity contribution in [3.05, 3.63) is 64.5 Å². The van der Waals surface area contributed by atoms with E-state index in [0.717, 1.165) is 34.4 Å². The van der Waals surface area contributed by atoms with Gasteiger partial charge in [-0.2, -0.15) is 13.2 Å². The average Bonchev–Trinajstić information content (AvgIpc) is 3.16. The molecule has 0 unspecified atom stereocenters. The Balaban J connectivity index is 1.86. The van der Waals surface area contributed by atoms with Crippen LogP contribution in [0.25, 0.3) is 22.3 Å². The van der Waals surface area contributed by atoms with E-state index in [2.05, 4.69) is 12.1 Å². The van der Waals surface area contributed by atoms with E-state index < -0.39 is 11.7 Å². The molecule has 0 radical (unpaired) electrons. The maximum absolute atomic E-state index is 13.7. The fourth-order valence-corrected chi connectivity index (χ4v) is 4.18. The van der Waals surface area contributed by atoms with Crippen molar-refractivity contribution < 1.29 is 17.7 Å². The number of aromatic nitrogens is 1. The van der Waals surface area contributed by atoms with Gasteiger partial charge in [0.05, 0.1) is 11.3 Å². The Labute approximate surface area is 156 Å². The first-order valence-corrected chi connectivity index (χ1v) is 9.04. The Bertz CT molecular complexity index is 980. The van der Waals surface area contributed by atoms with Gasteiger partial charge in [-0.1, -0.05) is 42.4 Å². The maximum Gasteiger partial charge on any atom is 0.417 e. The van der Waals surface area contributed by atoms with Crippen molar-refractivity contribution in [2.75, 3.05) is 0 Å². The number of halogens is 3. The van der Waals surface area contributed by atoms with E-state index in [-0.39, 0.29) is 0 Å². The van der Waals surface area contributed by atoms with Crippen LogP contribution in [0.1, 0.15) is 47.4 Å². The zero-order chi connectivity index (χ0) is 19.3. The van der Waals surface area contributed by atoms with Gasteiger partial charge in [0, 0.05) is 5.56 Å². The highest BCUT2D eigenvalue weighted by atomic mass is 19.4. The smallest absolute Gasteiger partial charge is 0.361 e. The summed E-state index contributed by atoms with van der Waals surface area (Å²) in [4.78, 5) is 0. The van der Waals surface area contributed by atoms with Crippen molar-refractivity contribution in [1.29, 1.82) is 0 Å². The van der Waals surface area contributed by atoms with Crippen molar-refractivity contribution in [2.45, 2.75) is 45.7 Å². The fourth-order valence-electron chi connectivity index (χ4n) is 4.18. The third-order valence-corrected chi connectivity index (χ3v) is 5.51. The van der Waals surface area contributed by atoms with Crippen molar-refractivity contribution in [3.63, 3.8) is 0 Å². The third kappa shape index (κ3) is 2.95. The molecule has 5 heteroatoms. The van der Waals surface area contributed by atoms with Crippen LogP contribution in [0.15, 0.2) is 40.9 Å². The van der Waals surface area contributed by atoms with Crippen molar-refractivity contribution in [1.82, 2.24) is 5.16 Å². The number of nitrogens with zero attached hydrogens (tertiary/aromatic N) is 1. The molecule has 0 saturated carbocycles. The lowest BCUT2D eigenvalue weighted by atomic mass is 9.89. The highest BCUT2D eigenvalue weighted by molar-refractivity contribution is 5.77. The first-order chi connectivity index (χ1) is 12.8. The molecule has 140 valence electrons. The molecule has 1 aromatic heterocycles. The van der Waals surface area contributed by atoms with Gasteiger partial charge in [-0.25, -0.2) is 0 Å². The SMILES string of the molecule is Cc1noc(C)c1-c1ccc(-c2c(C(F)(F)F)ccc3c2CC[C@H]3C)cc1. The summed E-state index contributed by atoms with van der Waals surface area (Å²) in [6, 6.07) is 10.1. The van der Waals surface area contributed by atoms with Crippen LogP contribution in [0.2, 0.25) is 0 Å². The number of hydrogen-bond acceptors (Lipinski definition) is 2. The summed E-state index contributed by atoms with van der Waals surface area (Å²) >= 11 is 0. The summed E-state index contributed by atoms with van der Waals surface area (Å²) in [5.74, 6) is 0.994. The van der Waals surface area contributed by atoms with Crippen molar-refractivity contribution in [3.8, 4) is 22.3 Å². The van der Waals surface area contributed by atoms with Crippen LogP contribution in [-0.4, -0.2) is 5.16 Å². The van der Waals surface area contributed by atoms with E-state index in [1.807, 2.05) is 26.0 Å². The van der Waals surface area contributed by atoms with Gasteiger partial charge in [-0.3, -0.25) is 0 Å². The highest BCUT2D eigenvalue weighted by Crippen LogP contribution is 2.45. The van der Waals surface area contributed by atoms with Crippen molar-refractivity contribution >= 4 is 0 Å². The molecule has 1 aliphatic rings. The predicted octanol–water partition coefficient (Wildman–Crippen LogP) is 6.69. The molecule has 2 aromatic carbocycles. The second kappa shape index (κ2) is 6.25. The Hall–Kier alpha value is -2.56. The fraction of sp³-hybridized carbons (Fsp3) is 0.318. The highest BCUT2D eigenvalue weighted by Gasteiger charge is 2.36. The summed E-state index contributed by atoms with van der Waals surface area (Å²) in [6.07, 6.45) is -2.81. The quantitative estimate of drug-likeness (QED) is 0.501. The Morgan fingerprint density at radius 1 is 0.963 bits per heavy atom. The van der Waals surface area contributed by atoms with E-state index >= 15 is 0 Å². The lowest BCUT2D eigenvalue weighted by Crippen LogP contribution is -2.09. The van der Waals surface area contributed by atoms with Crippen molar-refractivity contribution in [2.24, 2.45) is 0 Å². The molecule has 0 amide bonds. The molecule has 1 heterocycles. The van der Waals surface area contributed by atoms with Gasteiger partial charge in [-0.05, 0) is 66.5 Å². The Kier molecular flexibility index (Phi) is 4.13. The molecule has 0 N–H and O–H groups in total. The van der Waals surface area contributed by atoms with Crippen LogP contribution in [0, 0.1) is 13.8 Å². The van der Waals surface area contributed by atoms with E-state index in [4.69, 9.17) is 4.52 Å². The number of rotatable bonds is 2. The predicted molar refractivity (Wildman–Crippen MR) is 98.6 cm³/mol. The normalized spacial score (nSPS) is 16.6. The number of benzene rings is 2. The summed E-state index contributed by atoms with van der Waals surface area (Å²) in [5, 5.41) is 3.95. The number of fused-ring (bicyclic) bond motifs is 1. The molecule has 1 atom stereocenters. The topological polar surface area (TPSA) is 26.0 Å². The molecule has 0 spiro atoms. The number of hydrogen-bond donors (Lipinski definition) is 0. The first-order valence-electron chi connectivity index (χ1n) is 9.04. The minimum Gasteiger partial charge on any atom is -0.361 e. The monoisotopic (exact) mass is 371 g/mol. The molecule has 0 saturated heterocycles. The van der Waals surface area contributed by atoms with Gasteiger partial charge in [-0.15, -0.1) is 0 Å². The molecule has 1 aliphatic carbocycles. The standard InChI is InChI=1S/C22H20F3NO/c1-12-4-9-18-17(12)10-11-19(22(23,24)25)21(18)16-7-5-15(6-8-16)20-13(2)26-27-14(20)3/h5-8,10-12H,4,9H2,1-3H3/t12-/m1/s1. The summed E-state index contributed by atoms with van der Waals surface area (Å²) in [5.41, 5.74) is 4.80. The molecule has 2 nitrogen and oxygen atoms in total. The summed E-state index contributed by atoms with van der Waals surface area (Å²) in [6.45, 7) is 5.76. The summed E-state index contributed by atoms with van der Waals surface area (Å²) < 4.78 is 46.3. The van der Waals surface area contributed by atoms with Crippen LogP contribution >= 0.6 is 0 Å². The van der Waals surface area contributed by atoms with E-state index in [1.165, 1.54) is 6.07 Å². The molecule has 0 aliphatic heterocycles. The lowest BCUT2D eigenvalue weighted by Gasteiger charge is -2.18. The van der Waals surface area contributed by atoms with Gasteiger partial charge in [0.2, 0.25) is 0 Å². The molecular weight excluding hydrogens is 351 g/mol. The minimum absolute atomic E-state index is 0.294. The molecule has 3 aromatic rings. The second-order valence-electron chi connectivity index (χ2n) is 7.27. The van der Waals surface area contributed by atoms with Crippen LogP contribution in [-0.2, 0) is 12.6 Å². The largest absolute Gasteiger partial charge is 0.417 e. The lowest BCUT2D eigenvalue weighted by molar-refractivity contribution is -0.137. The first kappa shape index (κ1) is 17.8. The van der Waals surface area contributed by atoms with E-state index in [9.17, 15) is 13.2 Å². The second-order valence-corrected chi connectivity index (χ2v) is 7.27. The minimum atomic E-state index is -4.38. The Morgan fingerprint density at radius 3 is 2.15 bits per heavy atom. The average molecular weight is 371 g/mol. The molecule has 27 heavy (non-hydrogen) atoms. The molecule has 0 fully saturated rings. The third-order valence-electron chi connectivity index (χ3n) is 5.51. The van der Waals surface area contributed by atoms with Gasteiger partial charge in [0.25, 0.3) is 0 Å². The maximum atomic E-state index is 13.7. The van der Waals surface area contributed by atoms with Gasteiger partial charge in [0.15, 0.2) is 0 Å². The Morgan fingerprint density at radius 2 is 1.59 bits per heavy atom. The van der Waals surface area contributed by atoms with Crippen LogP contribution < -0.4 is 0 Å². The van der Waals surface area contributed by atoms with Crippen LogP contribution in [0.5, 0.6) is 0 Å². The molecular formula is C22H20F3NO. The van der Waals surface area contributed by atoms with Crippen LogP contribution in [0.3, 0.4) is 0 Å². The van der Waals surface area contributed by atoms with Crippen LogP contribution in [0.4, 0.5) is 13.2 Å². The van der Waals surface area contributed by atoms with E-state index in [0.29, 0.717) is 29.2 Å². The van der Waals surface area contributed by atoms with E-state index in [1.54, 1.807) is 18.2 Å². The molecule has 0 bridgehead atoms.